The van der Waals surface area contributed by atoms with Crippen LogP contribution in [0.15, 0.2) is 42.5 Å². The van der Waals surface area contributed by atoms with Gasteiger partial charge in [-0.05, 0) is 48.0 Å². The maximum Gasteiger partial charge on any atom is 0.302 e. The standard InChI is InChI=1S/C17H17N3O4/c1-23-13-5-3-11(4-6-13)16-17(20(21)22)15-8-7-14(24-2)9-12(15)10-19(16)18/h3-9H,10,18H2,1-2H3. The molecule has 2 aromatic carbocycles. The van der Waals surface area contributed by atoms with Crippen LogP contribution in [-0.2, 0) is 6.54 Å². The third-order valence-electron chi connectivity index (χ3n) is 3.97. The summed E-state index contributed by atoms with van der Waals surface area (Å²) in [5.74, 6) is 7.42. The largest absolute Gasteiger partial charge is 0.497 e. The zero-order valence-corrected chi connectivity index (χ0v) is 13.4. The number of methoxy groups -OCH3 is 2. The second kappa shape index (κ2) is 6.21. The molecule has 24 heavy (non-hydrogen) atoms. The lowest BCUT2D eigenvalue weighted by atomic mass is 9.96. The minimum absolute atomic E-state index is 0.0217. The number of rotatable bonds is 4. The molecule has 0 atom stereocenters. The Balaban J connectivity index is 2.20. The van der Waals surface area contributed by atoms with Crippen LogP contribution in [0, 0.1) is 10.1 Å². The summed E-state index contributed by atoms with van der Waals surface area (Å²) >= 11 is 0. The van der Waals surface area contributed by atoms with E-state index < -0.39 is 4.92 Å². The Morgan fingerprint density at radius 2 is 1.71 bits per heavy atom. The molecule has 3 rings (SSSR count). The Labute approximate surface area is 139 Å². The molecule has 2 N–H and O–H groups in total. The Morgan fingerprint density at radius 1 is 1.08 bits per heavy atom. The van der Waals surface area contributed by atoms with Gasteiger partial charge in [0.25, 0.3) is 0 Å². The molecule has 124 valence electrons. The smallest absolute Gasteiger partial charge is 0.302 e. The lowest BCUT2D eigenvalue weighted by Gasteiger charge is -2.28. The van der Waals surface area contributed by atoms with Crippen LogP contribution in [0.5, 0.6) is 11.5 Å². The van der Waals surface area contributed by atoms with Crippen molar-refractivity contribution in [3.05, 3.63) is 69.3 Å². The molecule has 1 aliphatic heterocycles. The molecule has 0 aromatic heterocycles. The maximum atomic E-state index is 11.7. The number of benzene rings is 2. The summed E-state index contributed by atoms with van der Waals surface area (Å²) in [4.78, 5) is 11.3. The Morgan fingerprint density at radius 3 is 2.29 bits per heavy atom. The average Bonchev–Trinajstić information content (AvgIpc) is 2.60. The first-order valence-corrected chi connectivity index (χ1v) is 7.27. The molecule has 0 amide bonds. The fraction of sp³-hybridized carbons (Fsp3) is 0.176. The van der Waals surface area contributed by atoms with E-state index in [1.807, 2.05) is 0 Å². The minimum atomic E-state index is -0.399. The van der Waals surface area contributed by atoms with Gasteiger partial charge < -0.3 is 9.47 Å². The van der Waals surface area contributed by atoms with Crippen LogP contribution in [0.25, 0.3) is 11.4 Å². The Bertz CT molecular complexity index is 815. The van der Waals surface area contributed by atoms with Gasteiger partial charge in [-0.3, -0.25) is 15.1 Å². The van der Waals surface area contributed by atoms with Crippen molar-refractivity contribution in [1.82, 2.24) is 5.01 Å². The van der Waals surface area contributed by atoms with Crippen LogP contribution in [0.3, 0.4) is 0 Å². The van der Waals surface area contributed by atoms with Gasteiger partial charge in [0, 0.05) is 5.56 Å². The van der Waals surface area contributed by atoms with Crippen molar-refractivity contribution in [2.75, 3.05) is 14.2 Å². The fourth-order valence-electron chi connectivity index (χ4n) is 2.82. The fourth-order valence-corrected chi connectivity index (χ4v) is 2.82. The Hall–Kier alpha value is -3.06. The summed E-state index contributed by atoms with van der Waals surface area (Å²) in [6.07, 6.45) is 0. The molecular weight excluding hydrogens is 310 g/mol. The van der Waals surface area contributed by atoms with E-state index in [0.29, 0.717) is 34.9 Å². The molecular formula is C17H17N3O4. The molecule has 0 radical (unpaired) electrons. The highest BCUT2D eigenvalue weighted by Gasteiger charge is 2.33. The van der Waals surface area contributed by atoms with Gasteiger partial charge in [0.05, 0.1) is 31.3 Å². The number of nitrogens with two attached hydrogens (primary N) is 1. The second-order valence-electron chi connectivity index (χ2n) is 5.33. The number of nitro groups is 1. The summed E-state index contributed by atoms with van der Waals surface area (Å²) in [7, 11) is 3.12. The lowest BCUT2D eigenvalue weighted by Crippen LogP contribution is -2.34. The SMILES string of the molecule is COc1ccc(C2=C([N+](=O)[O-])c3ccc(OC)cc3CN2N)cc1. The van der Waals surface area contributed by atoms with Gasteiger partial charge in [-0.1, -0.05) is 0 Å². The number of hydrogen-bond donors (Lipinski definition) is 1. The highest BCUT2D eigenvalue weighted by atomic mass is 16.6. The first kappa shape index (κ1) is 15.8. The van der Waals surface area contributed by atoms with Crippen LogP contribution < -0.4 is 15.3 Å². The van der Waals surface area contributed by atoms with E-state index in [0.717, 1.165) is 5.56 Å². The van der Waals surface area contributed by atoms with Crippen molar-refractivity contribution in [2.45, 2.75) is 6.54 Å². The maximum absolute atomic E-state index is 11.7. The van der Waals surface area contributed by atoms with Gasteiger partial charge in [-0.2, -0.15) is 0 Å². The van der Waals surface area contributed by atoms with Crippen LogP contribution >= 0.6 is 0 Å². The summed E-state index contributed by atoms with van der Waals surface area (Å²) < 4.78 is 10.3. The molecule has 0 fully saturated rings. The molecule has 7 nitrogen and oxygen atoms in total. The molecule has 0 bridgehead atoms. The van der Waals surface area contributed by atoms with Crippen molar-refractivity contribution >= 4 is 11.4 Å². The molecule has 2 aromatic rings. The molecule has 1 heterocycles. The van der Waals surface area contributed by atoms with Crippen LogP contribution in [-0.4, -0.2) is 24.2 Å². The third kappa shape index (κ3) is 2.65. The average molecular weight is 327 g/mol. The summed E-state index contributed by atoms with van der Waals surface area (Å²) in [5.41, 5.74) is 2.31. The third-order valence-corrected chi connectivity index (χ3v) is 3.97. The predicted molar refractivity (Wildman–Crippen MR) is 89.5 cm³/mol. The van der Waals surface area contributed by atoms with Gasteiger partial charge in [-0.15, -0.1) is 0 Å². The zero-order chi connectivity index (χ0) is 17.3. The van der Waals surface area contributed by atoms with Crippen molar-refractivity contribution in [3.63, 3.8) is 0 Å². The second-order valence-corrected chi connectivity index (χ2v) is 5.33. The summed E-state index contributed by atoms with van der Waals surface area (Å²) in [5, 5.41) is 13.1. The van der Waals surface area contributed by atoms with Crippen molar-refractivity contribution in [1.29, 1.82) is 0 Å². The first-order valence-electron chi connectivity index (χ1n) is 7.27. The van der Waals surface area contributed by atoms with E-state index in [1.165, 1.54) is 5.01 Å². The van der Waals surface area contributed by atoms with Crippen LogP contribution in [0.2, 0.25) is 0 Å². The van der Waals surface area contributed by atoms with Gasteiger partial charge in [-0.25, -0.2) is 5.84 Å². The molecule has 1 aliphatic rings. The van der Waals surface area contributed by atoms with E-state index in [2.05, 4.69) is 0 Å². The van der Waals surface area contributed by atoms with E-state index in [-0.39, 0.29) is 5.70 Å². The van der Waals surface area contributed by atoms with E-state index >= 15 is 0 Å². The zero-order valence-electron chi connectivity index (χ0n) is 13.4. The number of ether oxygens (including phenoxy) is 2. The number of hydrogen-bond acceptors (Lipinski definition) is 6. The normalized spacial score (nSPS) is 13.5. The van der Waals surface area contributed by atoms with Crippen LogP contribution in [0.4, 0.5) is 0 Å². The van der Waals surface area contributed by atoms with Crippen molar-refractivity contribution < 1.29 is 14.4 Å². The monoisotopic (exact) mass is 327 g/mol. The number of nitrogens with zero attached hydrogens (tertiary/aromatic N) is 2. The van der Waals surface area contributed by atoms with Crippen molar-refractivity contribution in [2.24, 2.45) is 5.84 Å². The summed E-state index contributed by atoms with van der Waals surface area (Å²) in [6.45, 7) is 0.352. The van der Waals surface area contributed by atoms with Gasteiger partial charge in [0.15, 0.2) is 0 Å². The first-order chi connectivity index (χ1) is 11.5. The molecule has 0 unspecified atom stereocenters. The molecule has 0 saturated carbocycles. The minimum Gasteiger partial charge on any atom is -0.497 e. The molecule has 7 heteroatoms. The van der Waals surface area contributed by atoms with E-state index in [9.17, 15) is 10.1 Å². The lowest BCUT2D eigenvalue weighted by molar-refractivity contribution is -0.375. The molecule has 0 saturated heterocycles. The van der Waals surface area contributed by atoms with Crippen LogP contribution in [0.1, 0.15) is 16.7 Å². The van der Waals surface area contributed by atoms with Gasteiger partial charge in [0.2, 0.25) is 0 Å². The van der Waals surface area contributed by atoms with E-state index in [4.69, 9.17) is 15.3 Å². The molecule has 0 spiro atoms. The Kier molecular flexibility index (Phi) is 4.09. The van der Waals surface area contributed by atoms with Gasteiger partial charge >= 0.3 is 5.70 Å². The number of hydrazine groups is 1. The highest BCUT2D eigenvalue weighted by Crippen LogP contribution is 2.37. The summed E-state index contributed by atoms with van der Waals surface area (Å²) in [6, 6.07) is 12.2. The topological polar surface area (TPSA) is 90.9 Å². The number of fused-ring (bicyclic) bond motifs is 1. The van der Waals surface area contributed by atoms with Crippen molar-refractivity contribution in [3.8, 4) is 11.5 Å². The quantitative estimate of drug-likeness (QED) is 0.527. The highest BCUT2D eigenvalue weighted by molar-refractivity contribution is 5.88. The predicted octanol–water partition coefficient (Wildman–Crippen LogP) is 2.50. The van der Waals surface area contributed by atoms with E-state index in [1.54, 1.807) is 56.7 Å². The van der Waals surface area contributed by atoms with Gasteiger partial charge in [0.1, 0.15) is 17.2 Å². The molecule has 0 aliphatic carbocycles.